The summed E-state index contributed by atoms with van der Waals surface area (Å²) in [4.78, 5) is 1.25. The first-order valence-electron chi connectivity index (χ1n) is 5.38. The maximum Gasteiger partial charge on any atom is 0.405 e. The number of ether oxygens (including phenoxy) is 2. The second kappa shape index (κ2) is 7.86. The lowest BCUT2D eigenvalue weighted by atomic mass is 10.1. The van der Waals surface area contributed by atoms with Crippen molar-refractivity contribution in [1.29, 1.82) is 0 Å². The number of rotatable bonds is 8. The van der Waals surface area contributed by atoms with Crippen LogP contribution >= 0.6 is 0 Å². The average molecular weight is 258 g/mol. The summed E-state index contributed by atoms with van der Waals surface area (Å²) in [6.45, 7) is 2.15. The Hall–Kier alpha value is -0.370. The van der Waals surface area contributed by atoms with E-state index in [1.54, 1.807) is 0 Å². The maximum atomic E-state index is 12.9. The molecule has 0 aromatic rings. The van der Waals surface area contributed by atoms with Gasteiger partial charge in [-0.25, -0.2) is 0 Å². The minimum absolute atomic E-state index is 0.172. The minimum atomic E-state index is -4.35. The quantitative estimate of drug-likeness (QED) is 0.701. The molecule has 4 nitrogen and oxygen atoms in total. The highest BCUT2D eigenvalue weighted by Crippen LogP contribution is 2.26. The molecule has 0 aromatic heterocycles. The van der Waals surface area contributed by atoms with E-state index >= 15 is 0 Å². The Morgan fingerprint density at radius 3 is 1.76 bits per heavy atom. The van der Waals surface area contributed by atoms with Gasteiger partial charge >= 0.3 is 6.18 Å². The highest BCUT2D eigenvalue weighted by molar-refractivity contribution is 4.85. The van der Waals surface area contributed by atoms with Crippen molar-refractivity contribution in [3.63, 3.8) is 0 Å². The summed E-state index contributed by atoms with van der Waals surface area (Å²) >= 11 is 0. The molecule has 0 aliphatic carbocycles. The van der Waals surface area contributed by atoms with Crippen molar-refractivity contribution in [3.8, 4) is 0 Å². The molecule has 2 unspecified atom stereocenters. The van der Waals surface area contributed by atoms with Crippen LogP contribution in [-0.2, 0) is 9.47 Å². The second-order valence-electron chi connectivity index (χ2n) is 3.87. The van der Waals surface area contributed by atoms with Gasteiger partial charge in [-0.05, 0) is 6.92 Å². The zero-order valence-corrected chi connectivity index (χ0v) is 10.5. The third-order valence-electron chi connectivity index (χ3n) is 2.39. The molecule has 0 amide bonds. The van der Waals surface area contributed by atoms with E-state index in [1.807, 2.05) is 0 Å². The Bertz CT molecular complexity index is 192. The van der Waals surface area contributed by atoms with Crippen molar-refractivity contribution < 1.29 is 22.6 Å². The molecule has 7 heteroatoms. The van der Waals surface area contributed by atoms with Gasteiger partial charge in [0.15, 0.2) is 0 Å². The molecule has 2 atom stereocenters. The molecule has 0 fully saturated rings. The maximum absolute atomic E-state index is 12.9. The van der Waals surface area contributed by atoms with Crippen LogP contribution in [0.2, 0.25) is 0 Å². The van der Waals surface area contributed by atoms with E-state index in [0.717, 1.165) is 0 Å². The first kappa shape index (κ1) is 16.6. The number of nitrogens with two attached hydrogens (primary N) is 1. The first-order valence-corrected chi connectivity index (χ1v) is 5.38. The standard InChI is InChI=1S/C10H21F3N2O2/c1-8(14)9(10(11,12)13)15(4-6-16-2)5-7-17-3/h8-9H,4-7,14H2,1-3H3. The summed E-state index contributed by atoms with van der Waals surface area (Å²) in [5.74, 6) is 0. The molecular formula is C10H21F3N2O2. The molecule has 0 aliphatic rings. The summed E-state index contributed by atoms with van der Waals surface area (Å²) < 4.78 is 48.2. The van der Waals surface area contributed by atoms with Gasteiger partial charge in [0, 0.05) is 33.4 Å². The molecule has 0 bridgehead atoms. The molecular weight excluding hydrogens is 237 g/mol. The Balaban J connectivity index is 4.67. The summed E-state index contributed by atoms with van der Waals surface area (Å²) in [6.07, 6.45) is -4.35. The summed E-state index contributed by atoms with van der Waals surface area (Å²) in [5.41, 5.74) is 5.42. The van der Waals surface area contributed by atoms with Crippen molar-refractivity contribution >= 4 is 0 Å². The van der Waals surface area contributed by atoms with Gasteiger partial charge in [0.05, 0.1) is 13.2 Å². The monoisotopic (exact) mass is 258 g/mol. The van der Waals surface area contributed by atoms with Crippen molar-refractivity contribution in [2.75, 3.05) is 40.5 Å². The molecule has 0 radical (unpaired) electrons. The van der Waals surface area contributed by atoms with Gasteiger partial charge < -0.3 is 15.2 Å². The third kappa shape index (κ3) is 6.21. The van der Waals surface area contributed by atoms with E-state index in [1.165, 1.54) is 26.0 Å². The van der Waals surface area contributed by atoms with E-state index in [0.29, 0.717) is 0 Å². The van der Waals surface area contributed by atoms with Crippen LogP contribution in [0.5, 0.6) is 0 Å². The second-order valence-corrected chi connectivity index (χ2v) is 3.87. The molecule has 17 heavy (non-hydrogen) atoms. The van der Waals surface area contributed by atoms with Crippen molar-refractivity contribution in [2.45, 2.75) is 25.2 Å². The topological polar surface area (TPSA) is 47.7 Å². The highest BCUT2D eigenvalue weighted by Gasteiger charge is 2.45. The van der Waals surface area contributed by atoms with Crippen LogP contribution in [0.1, 0.15) is 6.92 Å². The van der Waals surface area contributed by atoms with E-state index in [2.05, 4.69) is 0 Å². The predicted molar refractivity (Wildman–Crippen MR) is 58.8 cm³/mol. The number of methoxy groups -OCH3 is 2. The molecule has 2 N–H and O–H groups in total. The third-order valence-corrected chi connectivity index (χ3v) is 2.39. The number of halogens is 3. The number of hydrogen-bond donors (Lipinski definition) is 1. The van der Waals surface area contributed by atoms with Gasteiger partial charge in [0.2, 0.25) is 0 Å². The van der Waals surface area contributed by atoms with Gasteiger partial charge in [0.25, 0.3) is 0 Å². The molecule has 104 valence electrons. The van der Waals surface area contributed by atoms with Gasteiger partial charge in [-0.1, -0.05) is 0 Å². The van der Waals surface area contributed by atoms with Crippen LogP contribution in [0.15, 0.2) is 0 Å². The fourth-order valence-corrected chi connectivity index (χ4v) is 1.64. The molecule has 0 saturated heterocycles. The van der Waals surface area contributed by atoms with Gasteiger partial charge in [-0.15, -0.1) is 0 Å². The molecule has 0 spiro atoms. The van der Waals surface area contributed by atoms with Crippen molar-refractivity contribution in [2.24, 2.45) is 5.73 Å². The van der Waals surface area contributed by atoms with Crippen molar-refractivity contribution in [1.82, 2.24) is 4.90 Å². The lowest BCUT2D eigenvalue weighted by Crippen LogP contribution is -2.56. The normalized spacial score (nSPS) is 16.2. The fraction of sp³-hybridized carbons (Fsp3) is 1.00. The summed E-state index contributed by atoms with van der Waals surface area (Å²) in [7, 11) is 2.89. The van der Waals surface area contributed by atoms with Crippen LogP contribution in [0, 0.1) is 0 Å². The lowest BCUT2D eigenvalue weighted by molar-refractivity contribution is -0.190. The zero-order valence-electron chi connectivity index (χ0n) is 10.5. The molecule has 0 aliphatic heterocycles. The van der Waals surface area contributed by atoms with Crippen LogP contribution in [0.25, 0.3) is 0 Å². The Kier molecular flexibility index (Phi) is 7.69. The summed E-state index contributed by atoms with van der Waals surface area (Å²) in [5, 5.41) is 0. The van der Waals surface area contributed by atoms with E-state index < -0.39 is 18.3 Å². The van der Waals surface area contributed by atoms with Gasteiger partial charge in [-0.3, -0.25) is 4.90 Å². The lowest BCUT2D eigenvalue weighted by Gasteiger charge is -2.35. The molecule has 0 heterocycles. The summed E-state index contributed by atoms with van der Waals surface area (Å²) in [6, 6.07) is -2.67. The Morgan fingerprint density at radius 1 is 1.12 bits per heavy atom. The molecule has 0 aromatic carbocycles. The zero-order chi connectivity index (χ0) is 13.5. The largest absolute Gasteiger partial charge is 0.405 e. The minimum Gasteiger partial charge on any atom is -0.383 e. The molecule has 0 saturated carbocycles. The highest BCUT2D eigenvalue weighted by atomic mass is 19.4. The smallest absolute Gasteiger partial charge is 0.383 e. The fourth-order valence-electron chi connectivity index (χ4n) is 1.64. The first-order chi connectivity index (χ1) is 7.84. The van der Waals surface area contributed by atoms with E-state index in [9.17, 15) is 13.2 Å². The number of alkyl halides is 3. The van der Waals surface area contributed by atoms with Crippen LogP contribution in [0.4, 0.5) is 13.2 Å². The molecule has 0 rings (SSSR count). The van der Waals surface area contributed by atoms with Crippen LogP contribution in [-0.4, -0.2) is 63.7 Å². The van der Waals surface area contributed by atoms with Gasteiger partial charge in [-0.2, -0.15) is 13.2 Å². The number of nitrogens with zero attached hydrogens (tertiary/aromatic N) is 1. The average Bonchev–Trinajstić information content (AvgIpc) is 2.19. The van der Waals surface area contributed by atoms with E-state index in [-0.39, 0.29) is 26.3 Å². The Labute approximate surface area is 99.8 Å². The predicted octanol–water partition coefficient (Wildman–Crippen LogP) is 0.859. The Morgan fingerprint density at radius 2 is 1.53 bits per heavy atom. The SMILES string of the molecule is COCCN(CCOC)C(C(C)N)C(F)(F)F. The van der Waals surface area contributed by atoms with Crippen LogP contribution < -0.4 is 5.73 Å². The van der Waals surface area contributed by atoms with E-state index in [4.69, 9.17) is 15.2 Å². The van der Waals surface area contributed by atoms with Crippen molar-refractivity contribution in [3.05, 3.63) is 0 Å². The van der Waals surface area contributed by atoms with Crippen LogP contribution in [0.3, 0.4) is 0 Å². The number of hydrogen-bond acceptors (Lipinski definition) is 4. The van der Waals surface area contributed by atoms with Gasteiger partial charge in [0.1, 0.15) is 6.04 Å².